The van der Waals surface area contributed by atoms with Gasteiger partial charge in [0.15, 0.2) is 0 Å². The van der Waals surface area contributed by atoms with Gasteiger partial charge in [-0.25, -0.2) is 0 Å². The summed E-state index contributed by atoms with van der Waals surface area (Å²) in [7, 11) is 0. The van der Waals surface area contributed by atoms with E-state index in [2.05, 4.69) is 45.7 Å². The number of hydrogen-bond donors (Lipinski definition) is 0. The molecule has 0 N–H and O–H groups in total. The van der Waals surface area contributed by atoms with Crippen molar-refractivity contribution in [3.63, 3.8) is 0 Å². The minimum Gasteiger partial charge on any atom is -0.470 e. The summed E-state index contributed by atoms with van der Waals surface area (Å²) in [5.74, 6) is 1.47. The van der Waals surface area contributed by atoms with Gasteiger partial charge >= 0.3 is 0 Å². The Hall–Kier alpha value is -1.66. The van der Waals surface area contributed by atoms with E-state index in [9.17, 15) is 0 Å². The van der Waals surface area contributed by atoms with Crippen molar-refractivity contribution in [2.24, 2.45) is 0 Å². The van der Waals surface area contributed by atoms with E-state index in [1.54, 1.807) is 0 Å². The lowest BCUT2D eigenvalue weighted by Gasteiger charge is -2.26. The zero-order valence-corrected chi connectivity index (χ0v) is 13.2. The molecule has 0 spiro atoms. The minimum absolute atomic E-state index is 0.524. The first-order valence-corrected chi connectivity index (χ1v) is 7.81. The fourth-order valence-corrected chi connectivity index (χ4v) is 2.86. The van der Waals surface area contributed by atoms with Crippen LogP contribution in [0.25, 0.3) is 0 Å². The number of benzene rings is 1. The molecule has 0 aliphatic carbocycles. The molecule has 1 aliphatic heterocycles. The first-order chi connectivity index (χ1) is 10.2. The van der Waals surface area contributed by atoms with Gasteiger partial charge in [-0.3, -0.25) is 0 Å². The lowest BCUT2D eigenvalue weighted by molar-refractivity contribution is 0.122. The zero-order chi connectivity index (χ0) is 14.7. The second-order valence-electron chi connectivity index (χ2n) is 5.21. The van der Waals surface area contributed by atoms with Gasteiger partial charge in [0.25, 0.3) is 5.88 Å². The van der Waals surface area contributed by atoms with E-state index in [1.807, 2.05) is 0 Å². The topological polar surface area (TPSA) is 47.5 Å². The molecule has 21 heavy (non-hydrogen) atoms. The molecule has 1 fully saturated rings. The van der Waals surface area contributed by atoms with Gasteiger partial charge in [-0.2, -0.15) is 4.37 Å². The molecule has 0 saturated carbocycles. The van der Waals surface area contributed by atoms with Gasteiger partial charge in [-0.15, -0.1) is 4.37 Å². The van der Waals surface area contributed by atoms with Crippen LogP contribution in [-0.2, 0) is 11.3 Å². The summed E-state index contributed by atoms with van der Waals surface area (Å²) in [5.41, 5.74) is 3.66. The van der Waals surface area contributed by atoms with Crippen LogP contribution < -0.4 is 9.64 Å². The van der Waals surface area contributed by atoms with Crippen molar-refractivity contribution in [2.45, 2.75) is 20.5 Å². The van der Waals surface area contributed by atoms with Crippen LogP contribution in [0.5, 0.6) is 5.88 Å². The third-order valence-corrected chi connectivity index (χ3v) is 4.12. The Balaban J connectivity index is 1.71. The number of nitrogens with zero attached hydrogens (tertiary/aromatic N) is 3. The van der Waals surface area contributed by atoms with Crippen molar-refractivity contribution in [1.29, 1.82) is 0 Å². The second-order valence-corrected chi connectivity index (χ2v) is 5.74. The summed E-state index contributed by atoms with van der Waals surface area (Å²) in [4.78, 5) is 2.17. The highest BCUT2D eigenvalue weighted by Crippen LogP contribution is 2.27. The van der Waals surface area contributed by atoms with E-state index in [4.69, 9.17) is 9.47 Å². The van der Waals surface area contributed by atoms with Crippen LogP contribution in [0.2, 0.25) is 0 Å². The molecule has 1 aliphatic rings. The number of rotatable bonds is 4. The molecule has 6 heteroatoms. The predicted octanol–water partition coefficient (Wildman–Crippen LogP) is 2.57. The van der Waals surface area contributed by atoms with Gasteiger partial charge in [0.2, 0.25) is 5.82 Å². The highest BCUT2D eigenvalue weighted by molar-refractivity contribution is 6.99. The van der Waals surface area contributed by atoms with Crippen LogP contribution in [0.15, 0.2) is 18.2 Å². The van der Waals surface area contributed by atoms with Crippen LogP contribution in [0.4, 0.5) is 5.82 Å². The van der Waals surface area contributed by atoms with Crippen molar-refractivity contribution < 1.29 is 9.47 Å². The Labute approximate surface area is 128 Å². The van der Waals surface area contributed by atoms with Gasteiger partial charge in [-0.1, -0.05) is 23.8 Å². The Morgan fingerprint density at radius 1 is 1.24 bits per heavy atom. The highest BCUT2D eigenvalue weighted by Gasteiger charge is 2.19. The Bertz CT molecular complexity index is 609. The van der Waals surface area contributed by atoms with Crippen LogP contribution in [0.3, 0.4) is 0 Å². The smallest absolute Gasteiger partial charge is 0.271 e. The quantitative estimate of drug-likeness (QED) is 0.869. The molecule has 1 saturated heterocycles. The lowest BCUT2D eigenvalue weighted by Crippen LogP contribution is -2.36. The maximum atomic E-state index is 5.91. The van der Waals surface area contributed by atoms with Crippen LogP contribution in [-0.4, -0.2) is 35.1 Å². The predicted molar refractivity (Wildman–Crippen MR) is 83.2 cm³/mol. The van der Waals surface area contributed by atoms with Crippen molar-refractivity contribution in [1.82, 2.24) is 8.75 Å². The molecular weight excluding hydrogens is 286 g/mol. The molecule has 0 radical (unpaired) electrons. The molecule has 0 unspecified atom stereocenters. The third-order valence-electron chi connectivity index (χ3n) is 3.62. The molecule has 112 valence electrons. The Morgan fingerprint density at radius 3 is 2.86 bits per heavy atom. The fraction of sp³-hybridized carbons (Fsp3) is 0.467. The molecule has 0 bridgehead atoms. The van der Waals surface area contributed by atoms with Gasteiger partial charge in [0.1, 0.15) is 6.61 Å². The largest absolute Gasteiger partial charge is 0.470 e. The van der Waals surface area contributed by atoms with Gasteiger partial charge in [-0.05, 0) is 25.0 Å². The Morgan fingerprint density at radius 2 is 2.05 bits per heavy atom. The number of ether oxygens (including phenoxy) is 2. The summed E-state index contributed by atoms with van der Waals surface area (Å²) in [5, 5.41) is 0. The van der Waals surface area contributed by atoms with Crippen molar-refractivity contribution in [3.05, 3.63) is 34.9 Å². The van der Waals surface area contributed by atoms with E-state index in [0.717, 1.165) is 32.1 Å². The summed E-state index contributed by atoms with van der Waals surface area (Å²) < 4.78 is 19.9. The van der Waals surface area contributed by atoms with Gasteiger partial charge in [0.05, 0.1) is 24.9 Å². The van der Waals surface area contributed by atoms with Crippen molar-refractivity contribution in [3.8, 4) is 5.88 Å². The summed E-state index contributed by atoms with van der Waals surface area (Å²) in [6.07, 6.45) is 0. The first kappa shape index (κ1) is 14.3. The molecule has 1 aromatic heterocycles. The minimum atomic E-state index is 0.524. The molecule has 2 aromatic rings. The van der Waals surface area contributed by atoms with E-state index in [0.29, 0.717) is 12.5 Å². The van der Waals surface area contributed by atoms with Gasteiger partial charge in [0, 0.05) is 13.1 Å². The summed E-state index contributed by atoms with van der Waals surface area (Å²) in [6.45, 7) is 7.85. The van der Waals surface area contributed by atoms with Crippen LogP contribution in [0.1, 0.15) is 16.7 Å². The summed E-state index contributed by atoms with van der Waals surface area (Å²) >= 11 is 1.19. The third kappa shape index (κ3) is 3.33. The lowest BCUT2D eigenvalue weighted by atomic mass is 10.1. The average Bonchev–Trinajstić information content (AvgIpc) is 2.97. The number of morpholine rings is 1. The molecule has 5 nitrogen and oxygen atoms in total. The molecular formula is C15H19N3O2S. The highest BCUT2D eigenvalue weighted by atomic mass is 32.1. The molecule has 3 rings (SSSR count). The maximum Gasteiger partial charge on any atom is 0.271 e. The van der Waals surface area contributed by atoms with Crippen LogP contribution >= 0.6 is 11.7 Å². The molecule has 2 heterocycles. The van der Waals surface area contributed by atoms with Crippen molar-refractivity contribution >= 4 is 17.5 Å². The van der Waals surface area contributed by atoms with E-state index in [1.165, 1.54) is 28.4 Å². The normalized spacial score (nSPS) is 15.2. The van der Waals surface area contributed by atoms with Gasteiger partial charge < -0.3 is 14.4 Å². The standard InChI is InChI=1S/C15H19N3O2S/c1-11-3-4-12(2)13(9-11)10-20-15-14(16-21-17-15)18-5-7-19-8-6-18/h3-4,9H,5-8,10H2,1-2H3. The SMILES string of the molecule is Cc1ccc(C)c(COc2nsnc2N2CCOCC2)c1. The number of hydrogen-bond acceptors (Lipinski definition) is 6. The van der Waals surface area contributed by atoms with E-state index in [-0.39, 0.29) is 0 Å². The van der Waals surface area contributed by atoms with E-state index < -0.39 is 0 Å². The average molecular weight is 305 g/mol. The number of aryl methyl sites for hydroxylation is 2. The Kier molecular flexibility index (Phi) is 4.36. The zero-order valence-electron chi connectivity index (χ0n) is 12.3. The molecule has 1 aromatic carbocycles. The number of anilines is 1. The summed E-state index contributed by atoms with van der Waals surface area (Å²) in [6, 6.07) is 6.39. The maximum absolute atomic E-state index is 5.91. The van der Waals surface area contributed by atoms with Crippen LogP contribution in [0, 0.1) is 13.8 Å². The fourth-order valence-electron chi connectivity index (χ4n) is 2.34. The monoisotopic (exact) mass is 305 g/mol. The first-order valence-electron chi connectivity index (χ1n) is 7.08. The van der Waals surface area contributed by atoms with Crippen molar-refractivity contribution in [2.75, 3.05) is 31.2 Å². The second kappa shape index (κ2) is 6.41. The molecule has 0 atom stereocenters. The number of aromatic nitrogens is 2. The van der Waals surface area contributed by atoms with E-state index >= 15 is 0 Å². The molecule has 0 amide bonds.